The second kappa shape index (κ2) is 4.63. The molecule has 0 fully saturated rings. The van der Waals surface area contributed by atoms with Gasteiger partial charge in [-0.1, -0.05) is 6.07 Å². The third-order valence-corrected chi connectivity index (χ3v) is 1.92. The van der Waals surface area contributed by atoms with Crippen LogP contribution in [0, 0.1) is 11.3 Å². The molecule has 0 atom stereocenters. The molecule has 0 saturated heterocycles. The highest BCUT2D eigenvalue weighted by molar-refractivity contribution is 7.90. The van der Waals surface area contributed by atoms with E-state index < -0.39 is 10.2 Å². The van der Waals surface area contributed by atoms with Gasteiger partial charge in [-0.2, -0.15) is 13.7 Å². The van der Waals surface area contributed by atoms with Crippen LogP contribution in [0.4, 0.5) is 5.69 Å². The molecule has 0 unspecified atom stereocenters. The van der Waals surface area contributed by atoms with Crippen LogP contribution < -0.4 is 14.6 Å². The average molecular weight is 227 g/mol. The summed E-state index contributed by atoms with van der Waals surface area (Å²) >= 11 is 0. The molecule has 0 bridgehead atoms. The molecule has 0 aliphatic rings. The Morgan fingerprint density at radius 3 is 2.87 bits per heavy atom. The molecule has 1 aromatic rings. The van der Waals surface area contributed by atoms with Crippen molar-refractivity contribution >= 4 is 15.9 Å². The largest absolute Gasteiger partial charge is 0.479 e. The number of ether oxygens (including phenoxy) is 1. The first kappa shape index (κ1) is 11.3. The van der Waals surface area contributed by atoms with Crippen molar-refractivity contribution in [2.24, 2.45) is 5.14 Å². The molecule has 0 spiro atoms. The highest BCUT2D eigenvalue weighted by atomic mass is 32.2. The molecular formula is C8H9N3O3S. The normalized spacial score (nSPS) is 10.4. The smallest absolute Gasteiger partial charge is 0.296 e. The fourth-order valence-corrected chi connectivity index (χ4v) is 1.38. The van der Waals surface area contributed by atoms with Crippen molar-refractivity contribution < 1.29 is 13.2 Å². The molecule has 0 amide bonds. The fraction of sp³-hybridized carbons (Fsp3) is 0.125. The summed E-state index contributed by atoms with van der Waals surface area (Å²) in [5.74, 6) is 0.394. The zero-order valence-electron chi connectivity index (χ0n) is 7.67. The Balaban J connectivity index is 2.80. The maximum Gasteiger partial charge on any atom is 0.296 e. The molecule has 7 heteroatoms. The van der Waals surface area contributed by atoms with Crippen molar-refractivity contribution in [2.75, 3.05) is 11.3 Å². The second-order valence-electron chi connectivity index (χ2n) is 2.62. The lowest BCUT2D eigenvalue weighted by molar-refractivity contribution is 0.368. The maximum absolute atomic E-state index is 10.7. The van der Waals surface area contributed by atoms with Crippen LogP contribution in [0.25, 0.3) is 0 Å². The Kier molecular flexibility index (Phi) is 3.49. The van der Waals surface area contributed by atoms with E-state index in [1.807, 2.05) is 0 Å². The summed E-state index contributed by atoms with van der Waals surface area (Å²) in [5, 5.41) is 13.1. The van der Waals surface area contributed by atoms with Crippen LogP contribution in [-0.2, 0) is 10.2 Å². The number of nitrogens with one attached hydrogen (secondary N) is 1. The molecule has 0 saturated carbocycles. The monoisotopic (exact) mass is 227 g/mol. The minimum atomic E-state index is -3.79. The second-order valence-corrected chi connectivity index (χ2v) is 3.92. The molecule has 0 aliphatic heterocycles. The van der Waals surface area contributed by atoms with Gasteiger partial charge < -0.3 is 4.74 Å². The van der Waals surface area contributed by atoms with Crippen LogP contribution >= 0.6 is 0 Å². The molecule has 0 radical (unpaired) electrons. The molecule has 15 heavy (non-hydrogen) atoms. The molecular weight excluding hydrogens is 218 g/mol. The quantitative estimate of drug-likeness (QED) is 0.766. The van der Waals surface area contributed by atoms with E-state index >= 15 is 0 Å². The molecule has 0 aromatic heterocycles. The molecule has 0 aliphatic carbocycles. The summed E-state index contributed by atoms with van der Waals surface area (Å²) in [7, 11) is -3.79. The number of nitriles is 1. The first-order valence-electron chi connectivity index (χ1n) is 3.91. The van der Waals surface area contributed by atoms with E-state index in [1.54, 1.807) is 18.2 Å². The zero-order chi connectivity index (χ0) is 11.3. The summed E-state index contributed by atoms with van der Waals surface area (Å²) in [4.78, 5) is 0. The average Bonchev–Trinajstić information content (AvgIpc) is 2.12. The number of nitrogens with zero attached hydrogens (tertiary/aromatic N) is 1. The van der Waals surface area contributed by atoms with E-state index in [-0.39, 0.29) is 12.3 Å². The lowest BCUT2D eigenvalue weighted by Gasteiger charge is -2.05. The summed E-state index contributed by atoms with van der Waals surface area (Å²) in [5.41, 5.74) is 0.285. The summed E-state index contributed by atoms with van der Waals surface area (Å²) < 4.78 is 28.5. The summed E-state index contributed by atoms with van der Waals surface area (Å²) in [6.45, 7) is -0.0984. The third kappa shape index (κ3) is 4.30. The van der Waals surface area contributed by atoms with E-state index in [0.717, 1.165) is 0 Å². The predicted molar refractivity (Wildman–Crippen MR) is 54.3 cm³/mol. The van der Waals surface area contributed by atoms with Crippen LogP contribution in [0.2, 0.25) is 0 Å². The number of nitrogens with two attached hydrogens (primary N) is 1. The first-order chi connectivity index (χ1) is 7.01. The Labute approximate surface area is 87.5 Å². The topological polar surface area (TPSA) is 105 Å². The third-order valence-electron chi connectivity index (χ3n) is 1.40. The lowest BCUT2D eigenvalue weighted by atomic mass is 10.3. The van der Waals surface area contributed by atoms with Crippen molar-refractivity contribution in [2.45, 2.75) is 0 Å². The van der Waals surface area contributed by atoms with Gasteiger partial charge in [-0.25, -0.2) is 5.14 Å². The fourth-order valence-electron chi connectivity index (χ4n) is 0.929. The van der Waals surface area contributed by atoms with Gasteiger partial charge in [0.05, 0.1) is 5.69 Å². The van der Waals surface area contributed by atoms with Crippen molar-refractivity contribution in [1.82, 2.24) is 0 Å². The minimum Gasteiger partial charge on any atom is -0.479 e. The molecule has 3 N–H and O–H groups in total. The van der Waals surface area contributed by atoms with E-state index in [9.17, 15) is 8.42 Å². The van der Waals surface area contributed by atoms with Gasteiger partial charge in [-0.3, -0.25) is 4.72 Å². The number of hydrogen-bond acceptors (Lipinski definition) is 4. The standard InChI is InChI=1S/C8H9N3O3S/c9-4-5-14-8-3-1-2-7(6-8)11-15(10,12)13/h1-3,6,11H,5H2,(H2,10,12,13). The van der Waals surface area contributed by atoms with E-state index in [0.29, 0.717) is 5.75 Å². The molecule has 1 rings (SSSR count). The highest BCUT2D eigenvalue weighted by Gasteiger charge is 2.02. The van der Waals surface area contributed by atoms with E-state index in [2.05, 4.69) is 4.72 Å². The maximum atomic E-state index is 10.7. The molecule has 1 aromatic carbocycles. The van der Waals surface area contributed by atoms with Crippen molar-refractivity contribution in [3.8, 4) is 11.8 Å². The van der Waals surface area contributed by atoms with E-state index in [4.69, 9.17) is 15.1 Å². The van der Waals surface area contributed by atoms with E-state index in [1.165, 1.54) is 12.1 Å². The summed E-state index contributed by atoms with van der Waals surface area (Å²) in [6, 6.07) is 7.93. The minimum absolute atomic E-state index is 0.0984. The lowest BCUT2D eigenvalue weighted by Crippen LogP contribution is -2.21. The van der Waals surface area contributed by atoms with Crippen molar-refractivity contribution in [1.29, 1.82) is 5.26 Å². The molecule has 0 heterocycles. The first-order valence-corrected chi connectivity index (χ1v) is 5.46. The summed E-state index contributed by atoms with van der Waals surface area (Å²) in [6.07, 6.45) is 0. The predicted octanol–water partition coefficient (Wildman–Crippen LogP) is 0.204. The highest BCUT2D eigenvalue weighted by Crippen LogP contribution is 2.17. The number of anilines is 1. The van der Waals surface area contributed by atoms with Gasteiger partial charge >= 0.3 is 0 Å². The van der Waals surface area contributed by atoms with Crippen LogP contribution in [0.5, 0.6) is 5.75 Å². The van der Waals surface area contributed by atoms with Crippen molar-refractivity contribution in [3.63, 3.8) is 0 Å². The Bertz CT molecular complexity index is 478. The SMILES string of the molecule is N#CCOc1cccc(NS(N)(=O)=O)c1. The zero-order valence-corrected chi connectivity index (χ0v) is 8.49. The van der Waals surface area contributed by atoms with Gasteiger partial charge in [0.25, 0.3) is 10.2 Å². The van der Waals surface area contributed by atoms with Gasteiger partial charge in [0.1, 0.15) is 11.8 Å². The van der Waals surface area contributed by atoms with Gasteiger partial charge in [-0.05, 0) is 12.1 Å². The molecule has 80 valence electrons. The van der Waals surface area contributed by atoms with Crippen LogP contribution in [-0.4, -0.2) is 15.0 Å². The van der Waals surface area contributed by atoms with Crippen LogP contribution in [0.3, 0.4) is 0 Å². The van der Waals surface area contributed by atoms with Crippen molar-refractivity contribution in [3.05, 3.63) is 24.3 Å². The van der Waals surface area contributed by atoms with Crippen LogP contribution in [0.15, 0.2) is 24.3 Å². The number of benzene rings is 1. The van der Waals surface area contributed by atoms with Gasteiger partial charge in [0, 0.05) is 6.07 Å². The van der Waals surface area contributed by atoms with Gasteiger partial charge in [0.2, 0.25) is 0 Å². The van der Waals surface area contributed by atoms with Gasteiger partial charge in [-0.15, -0.1) is 0 Å². The Hall–Kier alpha value is -1.78. The van der Waals surface area contributed by atoms with Crippen LogP contribution in [0.1, 0.15) is 0 Å². The Morgan fingerprint density at radius 2 is 2.27 bits per heavy atom. The van der Waals surface area contributed by atoms with Gasteiger partial charge in [0.15, 0.2) is 6.61 Å². The molecule has 6 nitrogen and oxygen atoms in total. The number of rotatable bonds is 4. The Morgan fingerprint density at radius 1 is 1.53 bits per heavy atom. The number of hydrogen-bond donors (Lipinski definition) is 2.